The number of halogens is 3. The van der Waals surface area contributed by atoms with E-state index in [0.29, 0.717) is 6.42 Å². The zero-order chi connectivity index (χ0) is 18.5. The number of ether oxygens (including phenoxy) is 1. The van der Waals surface area contributed by atoms with Gasteiger partial charge in [0.05, 0.1) is 7.11 Å². The molecule has 1 aromatic carbocycles. The van der Waals surface area contributed by atoms with Crippen LogP contribution in [0.25, 0.3) is 0 Å². The summed E-state index contributed by atoms with van der Waals surface area (Å²) in [6.07, 6.45) is -4.03. The summed E-state index contributed by atoms with van der Waals surface area (Å²) >= 11 is 0. The Balaban J connectivity index is 3.04. The Morgan fingerprint density at radius 1 is 1.29 bits per heavy atom. The number of benzene rings is 1. The second-order valence-corrected chi connectivity index (χ2v) is 6.91. The number of aliphatic carboxylic acids is 1. The number of alkyl halides is 3. The average molecular weight is 347 g/mol. The summed E-state index contributed by atoms with van der Waals surface area (Å²) in [5, 5.41) is 11.5. The Labute approximate surface area is 140 Å². The van der Waals surface area contributed by atoms with Gasteiger partial charge in [-0.1, -0.05) is 32.9 Å². The number of carbonyl (C=O) groups is 1. The van der Waals surface area contributed by atoms with Crippen LogP contribution in [0.4, 0.5) is 13.2 Å². The van der Waals surface area contributed by atoms with E-state index >= 15 is 0 Å². The van der Waals surface area contributed by atoms with Crippen molar-refractivity contribution in [2.24, 2.45) is 5.41 Å². The topological polar surface area (TPSA) is 58.6 Å². The highest BCUT2D eigenvalue weighted by molar-refractivity contribution is 5.73. The molecule has 2 atom stereocenters. The molecule has 0 fully saturated rings. The molecule has 0 aliphatic carbocycles. The van der Waals surface area contributed by atoms with Crippen LogP contribution in [0.3, 0.4) is 0 Å². The first-order valence-corrected chi connectivity index (χ1v) is 7.63. The van der Waals surface area contributed by atoms with Gasteiger partial charge in [0.25, 0.3) is 0 Å². The third-order valence-electron chi connectivity index (χ3n) is 3.60. The van der Waals surface area contributed by atoms with Crippen LogP contribution in [-0.4, -0.2) is 30.4 Å². The number of carboxylic acid groups (broad SMARTS) is 1. The van der Waals surface area contributed by atoms with Gasteiger partial charge in [-0.25, -0.2) is 0 Å². The van der Waals surface area contributed by atoms with E-state index in [-0.39, 0.29) is 23.1 Å². The monoisotopic (exact) mass is 347 g/mol. The normalized spacial score (nSPS) is 15.0. The summed E-state index contributed by atoms with van der Waals surface area (Å²) in [6, 6.07) is 2.17. The predicted molar refractivity (Wildman–Crippen MR) is 85.0 cm³/mol. The Morgan fingerprint density at radius 3 is 2.38 bits per heavy atom. The first-order chi connectivity index (χ1) is 10.9. The first kappa shape index (κ1) is 20.3. The molecular formula is C17H24F3NO3. The fraction of sp³-hybridized carbons (Fsp3) is 0.588. The van der Waals surface area contributed by atoms with Crippen molar-refractivity contribution < 1.29 is 27.8 Å². The molecule has 0 aliphatic heterocycles. The quantitative estimate of drug-likeness (QED) is 0.777. The van der Waals surface area contributed by atoms with E-state index in [1.54, 1.807) is 0 Å². The van der Waals surface area contributed by atoms with E-state index in [2.05, 4.69) is 5.32 Å². The van der Waals surface area contributed by atoms with Crippen molar-refractivity contribution >= 4 is 5.97 Å². The van der Waals surface area contributed by atoms with Crippen molar-refractivity contribution in [1.29, 1.82) is 0 Å². The van der Waals surface area contributed by atoms with Gasteiger partial charge >= 0.3 is 12.1 Å². The van der Waals surface area contributed by atoms with E-state index in [1.807, 2.05) is 20.8 Å². The summed E-state index contributed by atoms with van der Waals surface area (Å²) in [6.45, 7) is 5.74. The van der Waals surface area contributed by atoms with Crippen molar-refractivity contribution in [3.8, 4) is 5.75 Å². The standard InChI is InChI=1S/C17H24F3NO3/c1-16(2,3)9-8-13(15(22)23)21-14(17(18,19)20)11-6-5-7-12(10-11)24-4/h5-7,10,13-14,21H,8-9H2,1-4H3,(H,22,23)/t13-,14-/m0/s1. The second kappa shape index (κ2) is 7.88. The molecule has 0 bridgehead atoms. The van der Waals surface area contributed by atoms with Crippen molar-refractivity contribution in [3.05, 3.63) is 29.8 Å². The molecule has 0 radical (unpaired) electrons. The smallest absolute Gasteiger partial charge is 0.407 e. The Bertz CT molecular complexity index is 553. The minimum atomic E-state index is -4.62. The lowest BCUT2D eigenvalue weighted by molar-refractivity contribution is -0.163. The maximum Gasteiger partial charge on any atom is 0.407 e. The predicted octanol–water partition coefficient (Wildman–Crippen LogP) is 4.17. The number of carboxylic acids is 1. The molecule has 0 spiro atoms. The molecule has 0 unspecified atom stereocenters. The molecule has 0 saturated carbocycles. The maximum absolute atomic E-state index is 13.4. The molecule has 2 N–H and O–H groups in total. The molecule has 0 aromatic heterocycles. The SMILES string of the molecule is COc1cccc([C@H](N[C@@H](CCC(C)(C)C)C(=O)O)C(F)(F)F)c1. The molecule has 4 nitrogen and oxygen atoms in total. The summed E-state index contributed by atoms with van der Waals surface area (Å²) in [7, 11) is 1.36. The van der Waals surface area contributed by atoms with Crippen molar-refractivity contribution in [1.82, 2.24) is 5.32 Å². The van der Waals surface area contributed by atoms with Gasteiger partial charge < -0.3 is 9.84 Å². The van der Waals surface area contributed by atoms with Crippen LogP contribution in [0.15, 0.2) is 24.3 Å². The first-order valence-electron chi connectivity index (χ1n) is 7.63. The molecule has 0 saturated heterocycles. The Kier molecular flexibility index (Phi) is 6.66. The van der Waals surface area contributed by atoms with Crippen molar-refractivity contribution in [2.75, 3.05) is 7.11 Å². The van der Waals surface area contributed by atoms with E-state index in [0.717, 1.165) is 0 Å². The lowest BCUT2D eigenvalue weighted by Gasteiger charge is -2.28. The molecule has 24 heavy (non-hydrogen) atoms. The van der Waals surface area contributed by atoms with Crippen LogP contribution in [0.1, 0.15) is 45.2 Å². The highest BCUT2D eigenvalue weighted by Gasteiger charge is 2.43. The second-order valence-electron chi connectivity index (χ2n) is 6.91. The van der Waals surface area contributed by atoms with Crippen LogP contribution < -0.4 is 10.1 Å². The van der Waals surface area contributed by atoms with Gasteiger partial charge in [-0.2, -0.15) is 13.2 Å². The van der Waals surface area contributed by atoms with Gasteiger partial charge in [0.1, 0.15) is 17.8 Å². The minimum absolute atomic E-state index is 0.0798. The number of rotatable bonds is 7. The van der Waals surface area contributed by atoms with Gasteiger partial charge in [-0.05, 0) is 36.0 Å². The summed E-state index contributed by atoms with van der Waals surface area (Å²) in [4.78, 5) is 11.4. The highest BCUT2D eigenvalue weighted by Crippen LogP contribution is 2.35. The Hall–Kier alpha value is -1.76. The van der Waals surface area contributed by atoms with Gasteiger partial charge in [0, 0.05) is 0 Å². The van der Waals surface area contributed by atoms with Gasteiger partial charge in [-0.15, -0.1) is 0 Å². The fourth-order valence-electron chi connectivity index (χ4n) is 2.26. The molecule has 0 heterocycles. The van der Waals surface area contributed by atoms with E-state index in [4.69, 9.17) is 4.74 Å². The summed E-state index contributed by atoms with van der Waals surface area (Å²) in [5.41, 5.74) is -0.247. The Morgan fingerprint density at radius 2 is 1.92 bits per heavy atom. The molecule has 136 valence electrons. The average Bonchev–Trinajstić information content (AvgIpc) is 2.44. The van der Waals surface area contributed by atoms with E-state index in [1.165, 1.54) is 31.4 Å². The molecular weight excluding hydrogens is 323 g/mol. The number of nitrogens with one attached hydrogen (secondary N) is 1. The highest BCUT2D eigenvalue weighted by atomic mass is 19.4. The number of hydrogen-bond acceptors (Lipinski definition) is 3. The lowest BCUT2D eigenvalue weighted by atomic mass is 9.88. The van der Waals surface area contributed by atoms with Gasteiger partial charge in [0.15, 0.2) is 0 Å². The largest absolute Gasteiger partial charge is 0.497 e. The minimum Gasteiger partial charge on any atom is -0.497 e. The van der Waals surface area contributed by atoms with Gasteiger partial charge in [-0.3, -0.25) is 10.1 Å². The number of hydrogen-bond donors (Lipinski definition) is 2. The van der Waals surface area contributed by atoms with Crippen LogP contribution in [0.5, 0.6) is 5.75 Å². The molecule has 1 rings (SSSR count). The van der Waals surface area contributed by atoms with Crippen LogP contribution in [-0.2, 0) is 4.79 Å². The van der Waals surface area contributed by atoms with Crippen LogP contribution in [0, 0.1) is 5.41 Å². The maximum atomic E-state index is 13.4. The third-order valence-corrected chi connectivity index (χ3v) is 3.60. The van der Waals surface area contributed by atoms with Crippen molar-refractivity contribution in [3.63, 3.8) is 0 Å². The van der Waals surface area contributed by atoms with Crippen molar-refractivity contribution in [2.45, 2.75) is 51.9 Å². The van der Waals surface area contributed by atoms with E-state index < -0.39 is 24.2 Å². The molecule has 0 aliphatic rings. The number of methoxy groups -OCH3 is 1. The van der Waals surface area contributed by atoms with Crippen LogP contribution >= 0.6 is 0 Å². The lowest BCUT2D eigenvalue weighted by Crippen LogP contribution is -2.45. The summed E-state index contributed by atoms with van der Waals surface area (Å²) < 4.78 is 45.3. The fourth-order valence-corrected chi connectivity index (χ4v) is 2.26. The van der Waals surface area contributed by atoms with E-state index in [9.17, 15) is 23.1 Å². The third kappa shape index (κ3) is 6.39. The van der Waals surface area contributed by atoms with Crippen LogP contribution in [0.2, 0.25) is 0 Å². The molecule has 0 amide bonds. The van der Waals surface area contributed by atoms with Gasteiger partial charge in [0.2, 0.25) is 0 Å². The molecule has 7 heteroatoms. The zero-order valence-electron chi connectivity index (χ0n) is 14.3. The zero-order valence-corrected chi connectivity index (χ0v) is 14.3. The summed E-state index contributed by atoms with van der Waals surface area (Å²) in [5.74, 6) is -1.01. The molecule has 1 aromatic rings.